The van der Waals surface area contributed by atoms with E-state index in [9.17, 15) is 14.7 Å². The van der Waals surface area contributed by atoms with Gasteiger partial charge in [-0.1, -0.05) is 31.5 Å². The Kier molecular flexibility index (Phi) is 4.70. The van der Waals surface area contributed by atoms with E-state index < -0.39 is 11.4 Å². The second kappa shape index (κ2) is 6.10. The van der Waals surface area contributed by atoms with Gasteiger partial charge in [0.2, 0.25) is 0 Å². The summed E-state index contributed by atoms with van der Waals surface area (Å²) in [5.41, 5.74) is 3.11. The third-order valence-electron chi connectivity index (χ3n) is 6.06. The van der Waals surface area contributed by atoms with E-state index in [1.807, 2.05) is 27.7 Å². The van der Waals surface area contributed by atoms with Gasteiger partial charge in [-0.15, -0.1) is 0 Å². The van der Waals surface area contributed by atoms with E-state index in [0.717, 1.165) is 29.5 Å². The monoisotopic (exact) mass is 316 g/mol. The van der Waals surface area contributed by atoms with Crippen molar-refractivity contribution in [1.29, 1.82) is 0 Å². The maximum absolute atomic E-state index is 12.6. The highest BCUT2D eigenvalue weighted by atomic mass is 16.4. The molecule has 0 aliphatic heterocycles. The Morgan fingerprint density at radius 2 is 1.61 bits per heavy atom. The summed E-state index contributed by atoms with van der Waals surface area (Å²) in [5, 5.41) is 10.1. The number of hydrogen-bond donors (Lipinski definition) is 1. The summed E-state index contributed by atoms with van der Waals surface area (Å²) in [4.78, 5) is 24.9. The average Bonchev–Trinajstić information content (AvgIpc) is 2.41. The zero-order valence-electron chi connectivity index (χ0n) is 15.1. The van der Waals surface area contributed by atoms with Crippen LogP contribution in [0.15, 0.2) is 12.1 Å². The highest BCUT2D eigenvalue weighted by Crippen LogP contribution is 2.54. The maximum atomic E-state index is 12.6. The van der Waals surface area contributed by atoms with E-state index in [-0.39, 0.29) is 23.5 Å². The van der Waals surface area contributed by atoms with Gasteiger partial charge < -0.3 is 5.11 Å². The number of carboxylic acid groups (broad SMARTS) is 1. The second-order valence-electron chi connectivity index (χ2n) is 7.44. The lowest BCUT2D eigenvalue weighted by molar-refractivity contribution is -0.164. The summed E-state index contributed by atoms with van der Waals surface area (Å²) in [5.74, 6) is -1.36. The molecular weight excluding hydrogens is 288 g/mol. The van der Waals surface area contributed by atoms with Crippen LogP contribution in [0.25, 0.3) is 0 Å². The molecule has 0 bridgehead atoms. The van der Waals surface area contributed by atoms with Crippen molar-refractivity contribution in [2.24, 2.45) is 17.3 Å². The van der Waals surface area contributed by atoms with E-state index in [1.165, 1.54) is 12.5 Å². The van der Waals surface area contributed by atoms with Gasteiger partial charge in [0, 0.05) is 5.92 Å². The van der Waals surface area contributed by atoms with E-state index in [2.05, 4.69) is 19.1 Å². The van der Waals surface area contributed by atoms with Gasteiger partial charge in [0.1, 0.15) is 11.2 Å². The third kappa shape index (κ3) is 2.60. The fourth-order valence-corrected chi connectivity index (χ4v) is 4.85. The molecule has 23 heavy (non-hydrogen) atoms. The summed E-state index contributed by atoms with van der Waals surface area (Å²) in [7, 11) is 0. The highest BCUT2D eigenvalue weighted by molar-refractivity contribution is 6.03. The SMILES string of the molecule is CC(=O)C1(C(=O)O)C(c2c(C)cc(C)cc2C)CCC(C)C1C. The Balaban J connectivity index is 2.73. The number of carbonyl (C=O) groups is 2. The second-order valence-corrected chi connectivity index (χ2v) is 7.44. The van der Waals surface area contributed by atoms with Crippen LogP contribution in [0.5, 0.6) is 0 Å². The quantitative estimate of drug-likeness (QED) is 0.840. The fraction of sp³-hybridized carbons (Fsp3) is 0.600. The molecule has 1 aromatic carbocycles. The van der Waals surface area contributed by atoms with Crippen molar-refractivity contribution in [2.45, 2.75) is 60.3 Å². The number of carboxylic acids is 1. The molecule has 1 aliphatic carbocycles. The van der Waals surface area contributed by atoms with Crippen LogP contribution in [0, 0.1) is 38.0 Å². The van der Waals surface area contributed by atoms with Gasteiger partial charge >= 0.3 is 5.97 Å². The van der Waals surface area contributed by atoms with Crippen LogP contribution in [0.1, 0.15) is 61.8 Å². The molecule has 1 saturated carbocycles. The van der Waals surface area contributed by atoms with Gasteiger partial charge in [-0.3, -0.25) is 9.59 Å². The molecular formula is C20H28O3. The number of aryl methyl sites for hydroxylation is 3. The molecule has 4 atom stereocenters. The fourth-order valence-electron chi connectivity index (χ4n) is 4.85. The van der Waals surface area contributed by atoms with E-state index in [0.29, 0.717) is 0 Å². The topological polar surface area (TPSA) is 54.4 Å². The first-order valence-corrected chi connectivity index (χ1v) is 8.46. The van der Waals surface area contributed by atoms with Gasteiger partial charge in [0.15, 0.2) is 0 Å². The van der Waals surface area contributed by atoms with Crippen LogP contribution in [0.4, 0.5) is 0 Å². The molecule has 1 aliphatic rings. The molecule has 0 amide bonds. The lowest BCUT2D eigenvalue weighted by Gasteiger charge is -2.47. The normalized spacial score (nSPS) is 31.0. The van der Waals surface area contributed by atoms with Crippen molar-refractivity contribution < 1.29 is 14.7 Å². The van der Waals surface area contributed by atoms with Gasteiger partial charge in [-0.05, 0) is 69.1 Å². The smallest absolute Gasteiger partial charge is 0.318 e. The van der Waals surface area contributed by atoms with Crippen LogP contribution in [-0.2, 0) is 9.59 Å². The number of aliphatic carboxylic acids is 1. The molecule has 3 heteroatoms. The molecule has 1 fully saturated rings. The molecule has 3 nitrogen and oxygen atoms in total. The van der Waals surface area contributed by atoms with Gasteiger partial charge in [0.05, 0.1) is 0 Å². The molecule has 0 spiro atoms. The minimum Gasteiger partial charge on any atom is -0.480 e. The number of Topliss-reactive ketones (excluding diaryl/α,β-unsaturated/α-hetero) is 1. The zero-order valence-corrected chi connectivity index (χ0v) is 15.1. The lowest BCUT2D eigenvalue weighted by Crippen LogP contribution is -2.53. The molecule has 2 rings (SSSR count). The van der Waals surface area contributed by atoms with Crippen molar-refractivity contribution in [2.75, 3.05) is 0 Å². The van der Waals surface area contributed by atoms with Crippen molar-refractivity contribution in [3.05, 3.63) is 34.4 Å². The lowest BCUT2D eigenvalue weighted by atomic mass is 9.53. The minimum absolute atomic E-state index is 0.170. The summed E-state index contributed by atoms with van der Waals surface area (Å²) in [6.45, 7) is 11.6. The summed E-state index contributed by atoms with van der Waals surface area (Å²) in [6, 6.07) is 4.19. The number of rotatable bonds is 3. The van der Waals surface area contributed by atoms with Crippen LogP contribution in [0.2, 0.25) is 0 Å². The Morgan fingerprint density at radius 1 is 1.09 bits per heavy atom. The van der Waals surface area contributed by atoms with E-state index >= 15 is 0 Å². The van der Waals surface area contributed by atoms with Gasteiger partial charge in [-0.2, -0.15) is 0 Å². The van der Waals surface area contributed by atoms with Crippen LogP contribution in [-0.4, -0.2) is 16.9 Å². The Bertz CT molecular complexity index is 607. The first-order valence-electron chi connectivity index (χ1n) is 8.46. The van der Waals surface area contributed by atoms with Crippen molar-refractivity contribution in [3.63, 3.8) is 0 Å². The molecule has 126 valence electrons. The van der Waals surface area contributed by atoms with Crippen LogP contribution in [0.3, 0.4) is 0 Å². The molecule has 1 aromatic rings. The molecule has 0 saturated heterocycles. The van der Waals surface area contributed by atoms with Crippen LogP contribution < -0.4 is 0 Å². The molecule has 0 radical (unpaired) electrons. The largest absolute Gasteiger partial charge is 0.480 e. The number of ketones is 1. The predicted octanol–water partition coefficient (Wildman–Crippen LogP) is 4.42. The van der Waals surface area contributed by atoms with E-state index in [4.69, 9.17) is 0 Å². The Labute approximate surface area is 139 Å². The average molecular weight is 316 g/mol. The molecule has 1 N–H and O–H groups in total. The first-order chi connectivity index (χ1) is 10.6. The zero-order chi connectivity index (χ0) is 17.5. The number of hydrogen-bond acceptors (Lipinski definition) is 2. The predicted molar refractivity (Wildman–Crippen MR) is 91.7 cm³/mol. The summed E-state index contributed by atoms with van der Waals surface area (Å²) < 4.78 is 0. The Hall–Kier alpha value is -1.64. The third-order valence-corrected chi connectivity index (χ3v) is 6.06. The Morgan fingerprint density at radius 3 is 2.04 bits per heavy atom. The summed E-state index contributed by atoms with van der Waals surface area (Å²) >= 11 is 0. The maximum Gasteiger partial charge on any atom is 0.318 e. The molecule has 4 unspecified atom stereocenters. The first kappa shape index (κ1) is 17.7. The van der Waals surface area contributed by atoms with Crippen molar-refractivity contribution in [1.82, 2.24) is 0 Å². The molecule has 0 aromatic heterocycles. The van der Waals surface area contributed by atoms with Gasteiger partial charge in [0.25, 0.3) is 0 Å². The minimum atomic E-state index is -1.32. The molecule has 0 heterocycles. The standard InChI is InChI=1S/C20H28O3/c1-11-9-13(3)18(14(4)10-11)17-8-7-12(2)15(5)20(17,16(6)21)19(22)23/h9-10,12,15,17H,7-8H2,1-6H3,(H,22,23). The van der Waals surface area contributed by atoms with Gasteiger partial charge in [-0.25, -0.2) is 0 Å². The highest BCUT2D eigenvalue weighted by Gasteiger charge is 2.58. The van der Waals surface area contributed by atoms with E-state index in [1.54, 1.807) is 0 Å². The number of carbonyl (C=O) groups excluding carboxylic acids is 1. The number of benzene rings is 1. The summed E-state index contributed by atoms with van der Waals surface area (Å²) in [6.07, 6.45) is 1.71. The van der Waals surface area contributed by atoms with Crippen molar-refractivity contribution >= 4 is 11.8 Å². The van der Waals surface area contributed by atoms with Crippen LogP contribution >= 0.6 is 0 Å². The van der Waals surface area contributed by atoms with Crippen molar-refractivity contribution in [3.8, 4) is 0 Å².